The van der Waals surface area contributed by atoms with E-state index in [1.54, 1.807) is 0 Å². The molecule has 0 radical (unpaired) electrons. The molecular weight excluding hydrogens is 484 g/mol. The Morgan fingerprint density at radius 3 is 1.73 bits per heavy atom. The van der Waals surface area contributed by atoms with Crippen molar-refractivity contribution in [3.63, 3.8) is 0 Å². The predicted octanol–water partition coefficient (Wildman–Crippen LogP) is 10.3. The Labute approximate surface area is 231 Å². The largest absolute Gasteiger partial charge is 0.455 e. The highest BCUT2D eigenvalue weighted by Crippen LogP contribution is 2.59. The predicted molar refractivity (Wildman–Crippen MR) is 166 cm³/mol. The molecule has 0 aliphatic heterocycles. The summed E-state index contributed by atoms with van der Waals surface area (Å²) in [5, 5.41) is 7.28. The lowest BCUT2D eigenvalue weighted by Crippen LogP contribution is -2.28. The number of hydrogen-bond donors (Lipinski definition) is 0. The molecule has 0 N–H and O–H groups in total. The molecular formula is C39H24O. The monoisotopic (exact) mass is 508 g/mol. The van der Waals surface area contributed by atoms with Gasteiger partial charge in [-0.05, 0) is 55.6 Å². The van der Waals surface area contributed by atoms with Crippen LogP contribution in [0.2, 0.25) is 0 Å². The van der Waals surface area contributed by atoms with E-state index in [9.17, 15) is 0 Å². The fraction of sp³-hybridized carbons (Fsp3) is 0.0256. The lowest BCUT2D eigenvalue weighted by Gasteiger charge is -2.34. The Bertz CT molecular complexity index is 2220. The zero-order valence-corrected chi connectivity index (χ0v) is 21.8. The second-order valence-corrected chi connectivity index (χ2v) is 10.8. The summed E-state index contributed by atoms with van der Waals surface area (Å²) in [6.07, 6.45) is 0. The molecule has 0 fully saturated rings. The summed E-state index contributed by atoms with van der Waals surface area (Å²) in [4.78, 5) is 0. The molecule has 1 heterocycles. The van der Waals surface area contributed by atoms with Gasteiger partial charge >= 0.3 is 0 Å². The van der Waals surface area contributed by atoms with Crippen LogP contribution in [0.15, 0.2) is 150 Å². The Morgan fingerprint density at radius 1 is 0.400 bits per heavy atom. The van der Waals surface area contributed by atoms with Gasteiger partial charge < -0.3 is 4.42 Å². The van der Waals surface area contributed by atoms with Crippen molar-refractivity contribution in [2.45, 2.75) is 5.41 Å². The minimum atomic E-state index is -0.438. The van der Waals surface area contributed by atoms with E-state index in [-0.39, 0.29) is 0 Å². The van der Waals surface area contributed by atoms with E-state index < -0.39 is 5.41 Å². The van der Waals surface area contributed by atoms with Gasteiger partial charge in [-0.2, -0.15) is 0 Å². The minimum absolute atomic E-state index is 0.438. The van der Waals surface area contributed by atoms with Gasteiger partial charge in [0.15, 0.2) is 0 Å². The molecule has 0 bridgehead atoms. The standard InChI is InChI=1S/C39H24O/c1-3-13-25(14-4-1)39(26-15-5-2-6-16-26)32-21-11-9-19-30(32)36-33(39)24-23-29-27-17-7-8-18-28(27)35-31-20-10-12-22-34(31)40-38(35)37(29)36/h1-24H. The quantitative estimate of drug-likeness (QED) is 0.212. The van der Waals surface area contributed by atoms with Crippen molar-refractivity contribution < 1.29 is 4.42 Å². The number of fused-ring (bicyclic) bond motifs is 12. The number of benzene rings is 7. The van der Waals surface area contributed by atoms with Crippen molar-refractivity contribution in [1.29, 1.82) is 0 Å². The molecule has 1 aromatic heterocycles. The number of furan rings is 1. The van der Waals surface area contributed by atoms with Crippen LogP contribution in [-0.4, -0.2) is 0 Å². The molecule has 40 heavy (non-hydrogen) atoms. The summed E-state index contributed by atoms with van der Waals surface area (Å²) in [6.45, 7) is 0. The number of rotatable bonds is 2. The molecule has 1 aliphatic rings. The SMILES string of the molecule is c1ccc(C2(c3ccccc3)c3ccccc3-c3c2ccc2c4ccccc4c4c5ccccc5oc4c32)cc1. The van der Waals surface area contributed by atoms with Crippen molar-refractivity contribution in [3.05, 3.63) is 168 Å². The second-order valence-electron chi connectivity index (χ2n) is 10.8. The fourth-order valence-corrected chi connectivity index (χ4v) is 7.42. The Hall–Kier alpha value is -5.14. The average Bonchev–Trinajstić information content (AvgIpc) is 3.57. The first-order chi connectivity index (χ1) is 19.9. The van der Waals surface area contributed by atoms with Gasteiger partial charge in [-0.1, -0.05) is 140 Å². The molecule has 0 unspecified atom stereocenters. The van der Waals surface area contributed by atoms with Crippen LogP contribution in [0.5, 0.6) is 0 Å². The maximum absolute atomic E-state index is 6.79. The summed E-state index contributed by atoms with van der Waals surface area (Å²) >= 11 is 0. The van der Waals surface area contributed by atoms with Gasteiger partial charge in [-0.25, -0.2) is 0 Å². The highest BCUT2D eigenvalue weighted by atomic mass is 16.3. The molecule has 0 spiro atoms. The molecule has 0 atom stereocenters. The van der Waals surface area contributed by atoms with Crippen LogP contribution in [0.4, 0.5) is 0 Å². The van der Waals surface area contributed by atoms with Crippen LogP contribution >= 0.6 is 0 Å². The average molecular weight is 509 g/mol. The van der Waals surface area contributed by atoms with Gasteiger partial charge in [0, 0.05) is 16.2 Å². The van der Waals surface area contributed by atoms with Crippen LogP contribution in [0, 0.1) is 0 Å². The van der Waals surface area contributed by atoms with E-state index in [1.807, 2.05) is 0 Å². The van der Waals surface area contributed by atoms with E-state index in [1.165, 1.54) is 60.3 Å². The van der Waals surface area contributed by atoms with Gasteiger partial charge in [-0.15, -0.1) is 0 Å². The van der Waals surface area contributed by atoms with Crippen molar-refractivity contribution in [1.82, 2.24) is 0 Å². The molecule has 186 valence electrons. The molecule has 9 rings (SSSR count). The summed E-state index contributed by atoms with van der Waals surface area (Å²) in [6, 6.07) is 52.8. The lowest BCUT2D eigenvalue weighted by atomic mass is 9.67. The molecule has 7 aromatic carbocycles. The van der Waals surface area contributed by atoms with E-state index in [0.29, 0.717) is 0 Å². The molecule has 1 heteroatoms. The van der Waals surface area contributed by atoms with Crippen LogP contribution in [-0.2, 0) is 5.41 Å². The van der Waals surface area contributed by atoms with Gasteiger partial charge in [0.05, 0.1) is 5.41 Å². The highest BCUT2D eigenvalue weighted by Gasteiger charge is 2.47. The normalized spacial score (nSPS) is 13.7. The number of para-hydroxylation sites is 1. The van der Waals surface area contributed by atoms with E-state index in [2.05, 4.69) is 146 Å². The maximum atomic E-state index is 6.79. The molecule has 1 aliphatic carbocycles. The van der Waals surface area contributed by atoms with Crippen molar-refractivity contribution >= 4 is 43.5 Å². The topological polar surface area (TPSA) is 13.1 Å². The van der Waals surface area contributed by atoms with E-state index >= 15 is 0 Å². The van der Waals surface area contributed by atoms with Gasteiger partial charge in [0.25, 0.3) is 0 Å². The zero-order chi connectivity index (χ0) is 26.3. The first-order valence-electron chi connectivity index (χ1n) is 13.9. The van der Waals surface area contributed by atoms with Crippen molar-refractivity contribution in [2.75, 3.05) is 0 Å². The van der Waals surface area contributed by atoms with Crippen LogP contribution in [0.1, 0.15) is 22.3 Å². The third-order valence-corrected chi connectivity index (χ3v) is 8.93. The Balaban J connectivity index is 1.57. The Morgan fingerprint density at radius 2 is 0.975 bits per heavy atom. The van der Waals surface area contributed by atoms with Gasteiger partial charge in [0.1, 0.15) is 11.2 Å². The first-order valence-corrected chi connectivity index (χ1v) is 13.9. The summed E-state index contributed by atoms with van der Waals surface area (Å²) in [5.74, 6) is 0. The number of hydrogen-bond acceptors (Lipinski definition) is 1. The highest BCUT2D eigenvalue weighted by molar-refractivity contribution is 6.33. The molecule has 0 saturated carbocycles. The summed E-state index contributed by atoms with van der Waals surface area (Å²) in [5.41, 5.74) is 9.16. The molecule has 8 aromatic rings. The summed E-state index contributed by atoms with van der Waals surface area (Å²) in [7, 11) is 0. The molecule has 0 amide bonds. The van der Waals surface area contributed by atoms with Crippen LogP contribution in [0.25, 0.3) is 54.6 Å². The minimum Gasteiger partial charge on any atom is -0.455 e. The van der Waals surface area contributed by atoms with Crippen LogP contribution < -0.4 is 0 Å². The second kappa shape index (κ2) is 7.94. The summed E-state index contributed by atoms with van der Waals surface area (Å²) < 4.78 is 6.79. The molecule has 0 saturated heterocycles. The van der Waals surface area contributed by atoms with Crippen molar-refractivity contribution in [3.8, 4) is 11.1 Å². The smallest absolute Gasteiger partial charge is 0.144 e. The van der Waals surface area contributed by atoms with Gasteiger partial charge in [-0.3, -0.25) is 0 Å². The first kappa shape index (κ1) is 21.8. The lowest BCUT2D eigenvalue weighted by molar-refractivity contribution is 0.673. The molecule has 1 nitrogen and oxygen atoms in total. The van der Waals surface area contributed by atoms with Crippen molar-refractivity contribution in [2.24, 2.45) is 0 Å². The van der Waals surface area contributed by atoms with Gasteiger partial charge in [0.2, 0.25) is 0 Å². The Kier molecular flexibility index (Phi) is 4.32. The van der Waals surface area contributed by atoms with Crippen LogP contribution in [0.3, 0.4) is 0 Å². The van der Waals surface area contributed by atoms with E-state index in [4.69, 9.17) is 4.42 Å². The third-order valence-electron chi connectivity index (χ3n) is 8.93. The third kappa shape index (κ3) is 2.62. The fourth-order valence-electron chi connectivity index (χ4n) is 7.42. The zero-order valence-electron chi connectivity index (χ0n) is 21.8. The maximum Gasteiger partial charge on any atom is 0.144 e. The van der Waals surface area contributed by atoms with E-state index in [0.717, 1.165) is 16.6 Å².